The molecule has 0 saturated carbocycles. The number of aromatic nitrogens is 1. The van der Waals surface area contributed by atoms with E-state index in [9.17, 15) is 13.2 Å². The van der Waals surface area contributed by atoms with Gasteiger partial charge in [0.2, 0.25) is 15.9 Å². The number of ether oxygens (including phenoxy) is 1. The molecule has 172 valence electrons. The van der Waals surface area contributed by atoms with Crippen LogP contribution in [0.5, 0.6) is 5.75 Å². The summed E-state index contributed by atoms with van der Waals surface area (Å²) in [7, 11) is -2.20. The Balaban J connectivity index is 1.49. The molecule has 2 heterocycles. The number of nitrogens with one attached hydrogen (secondary N) is 1. The monoisotopic (exact) mass is 475 g/mol. The lowest BCUT2D eigenvalue weighted by molar-refractivity contribution is -0.111. The van der Waals surface area contributed by atoms with E-state index in [1.165, 1.54) is 33.7 Å². The van der Waals surface area contributed by atoms with E-state index in [1.54, 1.807) is 24.3 Å². The van der Waals surface area contributed by atoms with Crippen LogP contribution in [0.4, 0.5) is 5.13 Å². The third kappa shape index (κ3) is 5.05. The zero-order valence-corrected chi connectivity index (χ0v) is 20.1. The molecule has 4 rings (SSSR count). The number of piperidine rings is 1. The molecule has 0 spiro atoms. The lowest BCUT2D eigenvalue weighted by atomic mass is 9.93. The number of aryl methyl sites for hydroxylation is 1. The number of carbonyl (C=O) groups is 1. The Morgan fingerprint density at radius 1 is 1.28 bits per heavy atom. The Morgan fingerprint density at radius 2 is 2.06 bits per heavy atom. The van der Waals surface area contributed by atoms with E-state index in [0.717, 1.165) is 44.2 Å². The Labute approximate surface area is 193 Å². The van der Waals surface area contributed by atoms with Crippen LogP contribution in [0.1, 0.15) is 48.7 Å². The van der Waals surface area contributed by atoms with Gasteiger partial charge in [-0.25, -0.2) is 13.4 Å². The number of hydrogen-bond acceptors (Lipinski definition) is 6. The molecule has 0 bridgehead atoms. The molecule has 1 aliphatic heterocycles. The van der Waals surface area contributed by atoms with E-state index in [-0.39, 0.29) is 10.8 Å². The van der Waals surface area contributed by atoms with Gasteiger partial charge in [0, 0.05) is 24.0 Å². The van der Waals surface area contributed by atoms with E-state index in [4.69, 9.17) is 4.74 Å². The van der Waals surface area contributed by atoms with Crippen LogP contribution < -0.4 is 10.1 Å². The maximum absolute atomic E-state index is 13.2. The van der Waals surface area contributed by atoms with Crippen molar-refractivity contribution in [2.75, 3.05) is 25.5 Å². The van der Waals surface area contributed by atoms with Gasteiger partial charge in [0.05, 0.1) is 12.8 Å². The predicted molar refractivity (Wildman–Crippen MR) is 127 cm³/mol. The number of thiazole rings is 1. The molecule has 1 aromatic carbocycles. The van der Waals surface area contributed by atoms with Crippen molar-refractivity contribution >= 4 is 38.5 Å². The van der Waals surface area contributed by atoms with E-state index in [1.807, 2.05) is 0 Å². The van der Waals surface area contributed by atoms with Gasteiger partial charge in [0.1, 0.15) is 10.6 Å². The molecule has 1 fully saturated rings. The van der Waals surface area contributed by atoms with Gasteiger partial charge in [0.25, 0.3) is 0 Å². The Hall–Kier alpha value is -2.23. The minimum atomic E-state index is -3.66. The van der Waals surface area contributed by atoms with Gasteiger partial charge in [-0.05, 0) is 61.8 Å². The lowest BCUT2D eigenvalue weighted by Crippen LogP contribution is -2.35. The molecule has 0 radical (unpaired) electrons. The van der Waals surface area contributed by atoms with Crippen molar-refractivity contribution in [1.29, 1.82) is 0 Å². The second-order valence-corrected chi connectivity index (χ2v) is 11.4. The van der Waals surface area contributed by atoms with Crippen LogP contribution in [0.25, 0.3) is 6.08 Å². The molecule has 9 heteroatoms. The van der Waals surface area contributed by atoms with Crippen LogP contribution in [0.3, 0.4) is 0 Å². The molecule has 1 saturated heterocycles. The smallest absolute Gasteiger partial charge is 0.250 e. The average Bonchev–Trinajstić information content (AvgIpc) is 3.19. The fourth-order valence-corrected chi connectivity index (χ4v) is 7.04. The van der Waals surface area contributed by atoms with Crippen LogP contribution in [-0.2, 0) is 27.7 Å². The first-order valence-electron chi connectivity index (χ1n) is 11.0. The highest BCUT2D eigenvalue weighted by atomic mass is 32.2. The first kappa shape index (κ1) is 22.9. The van der Waals surface area contributed by atoms with Crippen molar-refractivity contribution in [1.82, 2.24) is 9.29 Å². The number of benzene rings is 1. The minimum Gasteiger partial charge on any atom is -0.495 e. The molecule has 1 amide bonds. The molecule has 1 aliphatic carbocycles. The van der Waals surface area contributed by atoms with Gasteiger partial charge in [-0.1, -0.05) is 19.4 Å². The van der Waals surface area contributed by atoms with Gasteiger partial charge in [-0.2, -0.15) is 4.31 Å². The summed E-state index contributed by atoms with van der Waals surface area (Å²) in [5, 5.41) is 3.45. The van der Waals surface area contributed by atoms with Crippen molar-refractivity contribution in [3.63, 3.8) is 0 Å². The second kappa shape index (κ2) is 9.72. The number of methoxy groups -OCH3 is 1. The molecule has 1 N–H and O–H groups in total. The van der Waals surface area contributed by atoms with E-state index < -0.39 is 10.0 Å². The number of carbonyl (C=O) groups excluding carboxylic acids is 1. The molecular weight excluding hydrogens is 446 g/mol. The second-order valence-electron chi connectivity index (χ2n) is 8.43. The normalized spacial score (nSPS) is 19.6. The SMILES string of the molecule is COc1ccc(/C=C/C(=O)Nc2nc3c(s2)CC(C)CC3)cc1S(=O)(=O)N1CCCCC1. The van der Waals surface area contributed by atoms with Gasteiger partial charge in [-0.3, -0.25) is 10.1 Å². The van der Waals surface area contributed by atoms with Crippen molar-refractivity contribution in [2.24, 2.45) is 5.92 Å². The van der Waals surface area contributed by atoms with Crippen LogP contribution in [-0.4, -0.2) is 43.8 Å². The Morgan fingerprint density at radius 3 is 2.81 bits per heavy atom. The summed E-state index contributed by atoms with van der Waals surface area (Å²) >= 11 is 1.54. The molecule has 1 unspecified atom stereocenters. The van der Waals surface area contributed by atoms with Crippen LogP contribution in [0.2, 0.25) is 0 Å². The van der Waals surface area contributed by atoms with Crippen molar-refractivity contribution < 1.29 is 17.9 Å². The first-order valence-corrected chi connectivity index (χ1v) is 13.3. The van der Waals surface area contributed by atoms with Crippen molar-refractivity contribution in [3.8, 4) is 5.75 Å². The molecule has 1 atom stereocenters. The number of sulfonamides is 1. The lowest BCUT2D eigenvalue weighted by Gasteiger charge is -2.26. The van der Waals surface area contributed by atoms with Gasteiger partial charge >= 0.3 is 0 Å². The highest BCUT2D eigenvalue weighted by Crippen LogP contribution is 2.32. The number of rotatable bonds is 6. The largest absolute Gasteiger partial charge is 0.495 e. The summed E-state index contributed by atoms with van der Waals surface area (Å²) in [6, 6.07) is 4.93. The zero-order valence-electron chi connectivity index (χ0n) is 18.5. The molecular formula is C23H29N3O4S2. The topological polar surface area (TPSA) is 88.6 Å². The predicted octanol–water partition coefficient (Wildman–Crippen LogP) is 4.10. The van der Waals surface area contributed by atoms with Crippen molar-refractivity contribution in [3.05, 3.63) is 40.4 Å². The number of fused-ring (bicyclic) bond motifs is 1. The summed E-state index contributed by atoms with van der Waals surface area (Å²) in [6.07, 6.45) is 8.88. The minimum absolute atomic E-state index is 0.131. The molecule has 7 nitrogen and oxygen atoms in total. The van der Waals surface area contributed by atoms with Crippen molar-refractivity contribution in [2.45, 2.75) is 50.3 Å². The summed E-state index contributed by atoms with van der Waals surface area (Å²) < 4.78 is 33.1. The number of amides is 1. The standard InChI is InChI=1S/C23H29N3O4S2/c1-16-6-9-18-20(14-16)31-23(24-18)25-22(27)11-8-17-7-10-19(30-2)21(15-17)32(28,29)26-12-4-3-5-13-26/h7-8,10-11,15-16H,3-6,9,12-14H2,1-2H3,(H,24,25,27)/b11-8+. The van der Waals surface area contributed by atoms with Crippen LogP contribution in [0, 0.1) is 5.92 Å². The average molecular weight is 476 g/mol. The molecule has 2 aromatic rings. The van der Waals surface area contributed by atoms with Gasteiger partial charge in [-0.15, -0.1) is 11.3 Å². The number of hydrogen-bond donors (Lipinski definition) is 1. The van der Waals surface area contributed by atoms with E-state index in [0.29, 0.717) is 35.5 Å². The van der Waals surface area contributed by atoms with Gasteiger partial charge in [0.15, 0.2) is 5.13 Å². The molecule has 1 aromatic heterocycles. The van der Waals surface area contributed by atoms with E-state index >= 15 is 0 Å². The molecule has 32 heavy (non-hydrogen) atoms. The first-order chi connectivity index (χ1) is 15.4. The number of anilines is 1. The third-order valence-electron chi connectivity index (χ3n) is 5.96. The highest BCUT2D eigenvalue weighted by Gasteiger charge is 2.29. The Kier molecular flexibility index (Phi) is 6.97. The summed E-state index contributed by atoms with van der Waals surface area (Å²) in [4.78, 5) is 18.4. The van der Waals surface area contributed by atoms with Crippen LogP contribution >= 0.6 is 11.3 Å². The summed E-state index contributed by atoms with van der Waals surface area (Å²) in [5.41, 5.74) is 1.71. The van der Waals surface area contributed by atoms with Gasteiger partial charge < -0.3 is 4.74 Å². The third-order valence-corrected chi connectivity index (χ3v) is 8.92. The quantitative estimate of drug-likeness (QED) is 0.636. The maximum atomic E-state index is 13.2. The van der Waals surface area contributed by atoms with Crippen LogP contribution in [0.15, 0.2) is 29.2 Å². The fraction of sp³-hybridized carbons (Fsp3) is 0.478. The van der Waals surface area contributed by atoms with E-state index in [2.05, 4.69) is 17.2 Å². The number of nitrogens with zero attached hydrogens (tertiary/aromatic N) is 2. The molecule has 2 aliphatic rings. The maximum Gasteiger partial charge on any atom is 0.250 e. The zero-order chi connectivity index (χ0) is 22.7. The summed E-state index contributed by atoms with van der Waals surface area (Å²) in [6.45, 7) is 3.27. The highest BCUT2D eigenvalue weighted by molar-refractivity contribution is 7.89. The fourth-order valence-electron chi connectivity index (χ4n) is 4.16. The summed E-state index contributed by atoms with van der Waals surface area (Å²) in [5.74, 6) is 0.664. The Bertz CT molecular complexity index is 1120.